The Balaban J connectivity index is 1.46. The van der Waals surface area contributed by atoms with Crippen molar-refractivity contribution in [3.63, 3.8) is 0 Å². The molecule has 1 amide bonds. The van der Waals surface area contributed by atoms with Crippen molar-refractivity contribution < 1.29 is 4.79 Å². The summed E-state index contributed by atoms with van der Waals surface area (Å²) in [6.45, 7) is 5.17. The summed E-state index contributed by atoms with van der Waals surface area (Å²) in [4.78, 5) is 22.3. The number of benzene rings is 2. The van der Waals surface area contributed by atoms with Crippen LogP contribution in [0.1, 0.15) is 28.5 Å². The largest absolute Gasteiger partial charge is 0.289 e. The van der Waals surface area contributed by atoms with E-state index in [0.29, 0.717) is 22.8 Å². The fraction of sp³-hybridized carbons (Fsp3) is 0.160. The number of rotatable bonds is 6. The van der Waals surface area contributed by atoms with Crippen LogP contribution in [0.3, 0.4) is 0 Å². The van der Waals surface area contributed by atoms with Crippen LogP contribution in [0, 0.1) is 6.92 Å². The molecule has 3 aromatic heterocycles. The molecule has 0 fully saturated rings. The summed E-state index contributed by atoms with van der Waals surface area (Å²) in [6.07, 6.45) is 3.52. The van der Waals surface area contributed by atoms with Crippen molar-refractivity contribution >= 4 is 34.4 Å². The molecular formula is C25H22ClN7O. The fourth-order valence-electron chi connectivity index (χ4n) is 3.83. The summed E-state index contributed by atoms with van der Waals surface area (Å²) >= 11 is 6.24. The van der Waals surface area contributed by atoms with Crippen LogP contribution in [0.4, 0.5) is 5.95 Å². The van der Waals surface area contributed by atoms with Gasteiger partial charge in [0, 0.05) is 28.7 Å². The van der Waals surface area contributed by atoms with Gasteiger partial charge in [0.05, 0.1) is 29.0 Å². The number of hydrogen-bond acceptors (Lipinski definition) is 5. The summed E-state index contributed by atoms with van der Waals surface area (Å²) in [7, 11) is 0. The minimum absolute atomic E-state index is 0.217. The third-order valence-electron chi connectivity index (χ3n) is 5.56. The van der Waals surface area contributed by atoms with E-state index >= 15 is 0 Å². The van der Waals surface area contributed by atoms with E-state index in [9.17, 15) is 4.79 Å². The Kier molecular flexibility index (Phi) is 5.81. The van der Waals surface area contributed by atoms with Gasteiger partial charge >= 0.3 is 0 Å². The van der Waals surface area contributed by atoms with Gasteiger partial charge in [0.2, 0.25) is 5.95 Å². The second-order valence-corrected chi connectivity index (χ2v) is 8.27. The Labute approximate surface area is 201 Å². The Bertz CT molecular complexity index is 1500. The first kappa shape index (κ1) is 21.8. The number of pyridine rings is 1. The summed E-state index contributed by atoms with van der Waals surface area (Å²) < 4.78 is 3.49. The Morgan fingerprint density at radius 1 is 1.06 bits per heavy atom. The first-order valence-corrected chi connectivity index (χ1v) is 11.3. The molecule has 9 heteroatoms. The maximum Gasteiger partial charge on any atom is 0.258 e. The molecule has 0 saturated carbocycles. The molecule has 8 nitrogen and oxygen atoms in total. The highest BCUT2D eigenvalue weighted by Crippen LogP contribution is 2.27. The number of nitrogens with zero attached hydrogens (tertiary/aromatic N) is 6. The van der Waals surface area contributed by atoms with Crippen molar-refractivity contribution in [2.75, 3.05) is 5.32 Å². The van der Waals surface area contributed by atoms with E-state index in [2.05, 4.69) is 20.5 Å². The number of carbonyl (C=O) groups is 1. The number of aromatic nitrogens is 6. The molecular weight excluding hydrogens is 450 g/mol. The lowest BCUT2D eigenvalue weighted by Crippen LogP contribution is -2.14. The number of halogens is 1. The molecule has 5 rings (SSSR count). The first-order chi connectivity index (χ1) is 16.5. The number of carbonyl (C=O) groups excluding carboxylic acids is 1. The van der Waals surface area contributed by atoms with Crippen LogP contribution in [0.15, 0.2) is 67.1 Å². The number of para-hydroxylation sites is 1. The highest BCUT2D eigenvalue weighted by molar-refractivity contribution is 6.31. The van der Waals surface area contributed by atoms with E-state index in [4.69, 9.17) is 16.6 Å². The molecule has 0 aliphatic carbocycles. The lowest BCUT2D eigenvalue weighted by molar-refractivity contribution is 0.102. The minimum Gasteiger partial charge on any atom is -0.289 e. The van der Waals surface area contributed by atoms with E-state index < -0.39 is 0 Å². The van der Waals surface area contributed by atoms with Gasteiger partial charge in [0.15, 0.2) is 0 Å². The Morgan fingerprint density at radius 2 is 1.85 bits per heavy atom. The van der Waals surface area contributed by atoms with Crippen molar-refractivity contribution in [3.8, 4) is 11.3 Å². The Hall–Kier alpha value is -4.04. The van der Waals surface area contributed by atoms with Crippen LogP contribution in [-0.4, -0.2) is 35.4 Å². The van der Waals surface area contributed by atoms with E-state index in [-0.39, 0.29) is 11.9 Å². The molecule has 1 N–H and O–H groups in total. The van der Waals surface area contributed by atoms with Crippen molar-refractivity contribution in [2.45, 2.75) is 26.9 Å². The lowest BCUT2D eigenvalue weighted by atomic mass is 10.0. The van der Waals surface area contributed by atoms with Gasteiger partial charge in [-0.1, -0.05) is 48.0 Å². The fourth-order valence-corrected chi connectivity index (χ4v) is 4.03. The monoisotopic (exact) mass is 471 g/mol. The topological polar surface area (TPSA) is 90.5 Å². The van der Waals surface area contributed by atoms with E-state index in [0.717, 1.165) is 34.3 Å². The lowest BCUT2D eigenvalue weighted by Gasteiger charge is -2.09. The van der Waals surface area contributed by atoms with Gasteiger partial charge in [-0.15, -0.1) is 5.10 Å². The standard InChI is InChI=1S/C25H22ClN7O/c1-3-32-14-20(16(2)30-32)23-12-19(18-9-5-7-11-22(18)28-23)24(34)29-25-27-15-33(31-25)13-17-8-4-6-10-21(17)26/h4-12,14-15H,3,13H2,1-2H3,(H,29,31,34). The predicted molar refractivity (Wildman–Crippen MR) is 132 cm³/mol. The molecule has 0 aliphatic heterocycles. The van der Waals surface area contributed by atoms with Crippen LogP contribution in [0.25, 0.3) is 22.2 Å². The molecule has 5 aromatic rings. The number of anilines is 1. The summed E-state index contributed by atoms with van der Waals surface area (Å²) in [6, 6.07) is 16.9. The minimum atomic E-state index is -0.309. The highest BCUT2D eigenvalue weighted by Gasteiger charge is 2.18. The average Bonchev–Trinajstić information content (AvgIpc) is 3.45. The SMILES string of the molecule is CCn1cc(-c2cc(C(=O)Nc3ncn(Cc4ccccc4Cl)n3)c3ccccc3n2)c(C)n1. The van der Waals surface area contributed by atoms with Crippen molar-refractivity contribution in [1.82, 2.24) is 29.5 Å². The van der Waals surface area contributed by atoms with Crippen LogP contribution >= 0.6 is 11.6 Å². The third kappa shape index (κ3) is 4.27. The molecule has 0 saturated heterocycles. The van der Waals surface area contributed by atoms with Crippen LogP contribution < -0.4 is 5.32 Å². The Morgan fingerprint density at radius 3 is 2.65 bits per heavy atom. The first-order valence-electron chi connectivity index (χ1n) is 10.9. The molecule has 2 aromatic carbocycles. The van der Waals surface area contributed by atoms with E-state index in [1.165, 1.54) is 0 Å². The molecule has 170 valence electrons. The molecule has 3 heterocycles. The highest BCUT2D eigenvalue weighted by atomic mass is 35.5. The number of aryl methyl sites for hydroxylation is 2. The van der Waals surface area contributed by atoms with Gasteiger partial charge < -0.3 is 0 Å². The molecule has 0 bridgehead atoms. The number of amides is 1. The molecule has 0 aliphatic rings. The van der Waals surface area contributed by atoms with Crippen LogP contribution in [0.5, 0.6) is 0 Å². The van der Waals surface area contributed by atoms with Gasteiger partial charge in [0.1, 0.15) is 6.33 Å². The quantitative estimate of drug-likeness (QED) is 0.377. The van der Waals surface area contributed by atoms with Crippen LogP contribution in [0.2, 0.25) is 5.02 Å². The molecule has 0 unspecified atom stereocenters. The summed E-state index contributed by atoms with van der Waals surface area (Å²) in [5.74, 6) is -0.0923. The molecule has 34 heavy (non-hydrogen) atoms. The molecule has 0 spiro atoms. The number of hydrogen-bond donors (Lipinski definition) is 1. The number of fused-ring (bicyclic) bond motifs is 1. The molecule has 0 radical (unpaired) electrons. The van der Waals surface area contributed by atoms with Gasteiger partial charge in [-0.2, -0.15) is 5.10 Å². The summed E-state index contributed by atoms with van der Waals surface area (Å²) in [5, 5.41) is 13.1. The van der Waals surface area contributed by atoms with E-state index in [1.54, 1.807) is 17.1 Å². The maximum atomic E-state index is 13.3. The predicted octanol–water partition coefficient (Wildman–Crippen LogP) is 4.97. The van der Waals surface area contributed by atoms with Gasteiger partial charge in [-0.3, -0.25) is 14.8 Å². The molecule has 0 atom stereocenters. The third-order valence-corrected chi connectivity index (χ3v) is 5.93. The van der Waals surface area contributed by atoms with Crippen molar-refractivity contribution in [1.29, 1.82) is 0 Å². The zero-order valence-electron chi connectivity index (χ0n) is 18.7. The van der Waals surface area contributed by atoms with Gasteiger partial charge in [0.25, 0.3) is 5.91 Å². The zero-order valence-corrected chi connectivity index (χ0v) is 19.5. The zero-order chi connectivity index (χ0) is 23.7. The van der Waals surface area contributed by atoms with Crippen molar-refractivity contribution in [3.05, 3.63) is 89.0 Å². The van der Waals surface area contributed by atoms with E-state index in [1.807, 2.05) is 73.3 Å². The normalized spacial score (nSPS) is 11.1. The van der Waals surface area contributed by atoms with Crippen molar-refractivity contribution in [2.24, 2.45) is 0 Å². The van der Waals surface area contributed by atoms with Crippen LogP contribution in [-0.2, 0) is 13.1 Å². The van der Waals surface area contributed by atoms with Gasteiger partial charge in [-0.05, 0) is 37.6 Å². The summed E-state index contributed by atoms with van der Waals surface area (Å²) in [5.41, 5.74) is 4.58. The number of nitrogens with one attached hydrogen (secondary N) is 1. The second-order valence-electron chi connectivity index (χ2n) is 7.87. The second kappa shape index (κ2) is 9.07. The average molecular weight is 472 g/mol. The maximum absolute atomic E-state index is 13.3. The smallest absolute Gasteiger partial charge is 0.258 e. The van der Waals surface area contributed by atoms with Gasteiger partial charge in [-0.25, -0.2) is 14.6 Å².